The molecule has 1 N–H and O–H groups in total. The fraction of sp³-hybridized carbons (Fsp3) is 0.594. The van der Waals surface area contributed by atoms with Crippen molar-refractivity contribution in [1.29, 1.82) is 0 Å². The lowest BCUT2D eigenvalue weighted by Gasteiger charge is -2.42. The van der Waals surface area contributed by atoms with Gasteiger partial charge >= 0.3 is 0 Å². The van der Waals surface area contributed by atoms with Gasteiger partial charge in [0.05, 0.1) is 29.2 Å². The standard InChI is InChI=1S/C32H44BrN3O4S/c1-7-13-21(6)34(16-8-2)31(40)28-32-18-23(33)27(41-32)25(26(32)30(39)36(28)24(19-37)20(4)5)29(38)35(17-9-3)22-14-11-10-12-15-22/h8-12,14-15,20-21,23-28,37H,2-3,7,13,16-19H2,1,4-6H3/t21?,23?,24-,25-,26-,27-,28?,32?/m0/s1. The predicted molar refractivity (Wildman–Crippen MR) is 170 cm³/mol. The van der Waals surface area contributed by atoms with E-state index in [1.165, 1.54) is 0 Å². The number of halogens is 1. The Labute approximate surface area is 257 Å². The van der Waals surface area contributed by atoms with E-state index in [1.54, 1.807) is 33.7 Å². The summed E-state index contributed by atoms with van der Waals surface area (Å²) in [6.07, 6.45) is 5.78. The molecular formula is C32H44BrN3O4S. The number of hydrogen-bond acceptors (Lipinski definition) is 5. The normalized spacial score (nSPS) is 29.8. The third-order valence-corrected chi connectivity index (χ3v) is 12.3. The van der Waals surface area contributed by atoms with Gasteiger partial charge in [-0.3, -0.25) is 14.4 Å². The minimum Gasteiger partial charge on any atom is -0.394 e. The summed E-state index contributed by atoms with van der Waals surface area (Å²) in [4.78, 5) is 48.9. The molecule has 4 unspecified atom stereocenters. The molecule has 41 heavy (non-hydrogen) atoms. The highest BCUT2D eigenvalue weighted by Crippen LogP contribution is 2.68. The van der Waals surface area contributed by atoms with Crippen LogP contribution in [0.25, 0.3) is 0 Å². The number of para-hydroxylation sites is 1. The van der Waals surface area contributed by atoms with Crippen molar-refractivity contribution in [1.82, 2.24) is 9.80 Å². The van der Waals surface area contributed by atoms with Gasteiger partial charge in [-0.25, -0.2) is 0 Å². The molecule has 224 valence electrons. The third kappa shape index (κ3) is 5.42. The number of thioether (sulfide) groups is 1. The first-order valence-corrected chi connectivity index (χ1v) is 16.5. The van der Waals surface area contributed by atoms with Crippen LogP contribution in [0.2, 0.25) is 0 Å². The molecule has 8 atom stereocenters. The number of anilines is 1. The molecule has 3 fully saturated rings. The van der Waals surface area contributed by atoms with Gasteiger partial charge in [0, 0.05) is 34.9 Å². The van der Waals surface area contributed by atoms with Crippen LogP contribution in [0, 0.1) is 17.8 Å². The molecule has 9 heteroatoms. The minimum atomic E-state index is -0.781. The van der Waals surface area contributed by atoms with Gasteiger partial charge in [0.25, 0.3) is 0 Å². The number of likely N-dealkylation sites (tertiary alicyclic amines) is 1. The Kier molecular flexibility index (Phi) is 10.1. The lowest BCUT2D eigenvalue weighted by Crippen LogP contribution is -2.60. The van der Waals surface area contributed by atoms with Crippen LogP contribution in [0.1, 0.15) is 47.0 Å². The van der Waals surface area contributed by atoms with E-state index in [0.717, 1.165) is 18.5 Å². The van der Waals surface area contributed by atoms with E-state index in [1.807, 2.05) is 56.0 Å². The quantitative estimate of drug-likeness (QED) is 0.244. The summed E-state index contributed by atoms with van der Waals surface area (Å²) < 4.78 is -0.780. The Morgan fingerprint density at radius 2 is 1.83 bits per heavy atom. The summed E-state index contributed by atoms with van der Waals surface area (Å²) in [5.74, 6) is -1.79. The Bertz CT molecular complexity index is 1150. The Hall–Kier alpha value is -2.10. The summed E-state index contributed by atoms with van der Waals surface area (Å²) in [5.41, 5.74) is 0.751. The van der Waals surface area contributed by atoms with Gasteiger partial charge in [0.2, 0.25) is 17.7 Å². The molecule has 2 bridgehead atoms. The summed E-state index contributed by atoms with van der Waals surface area (Å²) >= 11 is 5.50. The summed E-state index contributed by atoms with van der Waals surface area (Å²) in [5, 5.41) is 10.4. The molecule has 0 aliphatic carbocycles. The van der Waals surface area contributed by atoms with E-state index in [0.29, 0.717) is 19.5 Å². The van der Waals surface area contributed by atoms with Gasteiger partial charge in [0.15, 0.2) is 0 Å². The highest BCUT2D eigenvalue weighted by atomic mass is 79.9. The zero-order valence-electron chi connectivity index (χ0n) is 24.6. The number of hydrogen-bond donors (Lipinski definition) is 1. The molecule has 7 nitrogen and oxygen atoms in total. The number of amides is 3. The van der Waals surface area contributed by atoms with E-state index in [-0.39, 0.29) is 46.4 Å². The third-order valence-electron chi connectivity index (χ3n) is 9.05. The van der Waals surface area contributed by atoms with Crippen LogP contribution >= 0.6 is 27.7 Å². The number of fused-ring (bicyclic) bond motifs is 1. The molecule has 1 spiro atoms. The second-order valence-electron chi connectivity index (χ2n) is 11.9. The zero-order chi connectivity index (χ0) is 30.1. The molecule has 3 aliphatic rings. The van der Waals surface area contributed by atoms with Crippen LogP contribution in [0.5, 0.6) is 0 Å². The molecule has 3 aliphatic heterocycles. The van der Waals surface area contributed by atoms with Crippen molar-refractivity contribution in [2.24, 2.45) is 17.8 Å². The van der Waals surface area contributed by atoms with Crippen molar-refractivity contribution >= 4 is 51.1 Å². The van der Waals surface area contributed by atoms with Crippen molar-refractivity contribution in [3.63, 3.8) is 0 Å². The maximum absolute atomic E-state index is 14.7. The molecule has 4 rings (SSSR count). The first-order chi connectivity index (χ1) is 19.6. The number of benzene rings is 1. The largest absolute Gasteiger partial charge is 0.394 e. The maximum atomic E-state index is 14.7. The molecule has 3 heterocycles. The summed E-state index contributed by atoms with van der Waals surface area (Å²) in [7, 11) is 0. The average molecular weight is 647 g/mol. The number of rotatable bonds is 13. The molecule has 1 aromatic rings. The number of alkyl halides is 1. The SMILES string of the molecule is C=CCN(C(=O)[C@H]1[C@H]2C(=O)N([C@@H](CO)C(C)C)C(C(=O)N(CC=C)C(C)CCC)C23CC(Br)[C@@H]1S3)c1ccccc1. The monoisotopic (exact) mass is 645 g/mol. The van der Waals surface area contributed by atoms with Gasteiger partial charge in [-0.1, -0.05) is 73.5 Å². The van der Waals surface area contributed by atoms with Gasteiger partial charge in [-0.05, 0) is 37.8 Å². The van der Waals surface area contributed by atoms with Gasteiger partial charge in [-0.2, -0.15) is 0 Å². The van der Waals surface area contributed by atoms with E-state index in [9.17, 15) is 19.5 Å². The Balaban J connectivity index is 1.84. The molecule has 0 radical (unpaired) electrons. The highest BCUT2D eigenvalue weighted by molar-refractivity contribution is 9.09. The van der Waals surface area contributed by atoms with Crippen LogP contribution in [-0.4, -0.2) is 85.3 Å². The number of nitrogens with zero attached hydrogens (tertiary/aromatic N) is 3. The number of carbonyl (C=O) groups excluding carboxylic acids is 3. The Morgan fingerprint density at radius 3 is 2.39 bits per heavy atom. The first-order valence-electron chi connectivity index (χ1n) is 14.7. The fourth-order valence-corrected chi connectivity index (χ4v) is 10.8. The molecule has 0 aromatic heterocycles. The fourth-order valence-electron chi connectivity index (χ4n) is 7.20. The topological polar surface area (TPSA) is 81.2 Å². The lowest BCUT2D eigenvalue weighted by atomic mass is 9.70. The van der Waals surface area contributed by atoms with Gasteiger partial charge < -0.3 is 19.8 Å². The summed E-state index contributed by atoms with van der Waals surface area (Å²) in [6.45, 7) is 16.3. The molecule has 3 amide bonds. The van der Waals surface area contributed by atoms with E-state index < -0.39 is 28.7 Å². The van der Waals surface area contributed by atoms with Gasteiger partial charge in [-0.15, -0.1) is 24.9 Å². The van der Waals surface area contributed by atoms with Crippen molar-refractivity contribution in [3.05, 3.63) is 55.6 Å². The molecule has 1 aromatic carbocycles. The van der Waals surface area contributed by atoms with Crippen LogP contribution < -0.4 is 4.90 Å². The number of aliphatic hydroxyl groups excluding tert-OH is 1. The smallest absolute Gasteiger partial charge is 0.247 e. The molecular weight excluding hydrogens is 602 g/mol. The van der Waals surface area contributed by atoms with E-state index in [4.69, 9.17) is 0 Å². The molecule has 0 saturated carbocycles. The summed E-state index contributed by atoms with van der Waals surface area (Å²) in [6, 6.07) is 8.11. The minimum absolute atomic E-state index is 0.0327. The maximum Gasteiger partial charge on any atom is 0.247 e. The van der Waals surface area contributed by atoms with Crippen LogP contribution in [0.4, 0.5) is 5.69 Å². The van der Waals surface area contributed by atoms with Crippen LogP contribution in [0.15, 0.2) is 55.6 Å². The van der Waals surface area contributed by atoms with Crippen molar-refractivity contribution in [2.75, 3.05) is 24.6 Å². The van der Waals surface area contributed by atoms with Gasteiger partial charge in [0.1, 0.15) is 6.04 Å². The number of carbonyl (C=O) groups is 3. The first kappa shape index (κ1) is 31.8. The second-order valence-corrected chi connectivity index (χ2v) is 14.6. The Morgan fingerprint density at radius 1 is 1.17 bits per heavy atom. The van der Waals surface area contributed by atoms with Crippen LogP contribution in [-0.2, 0) is 14.4 Å². The predicted octanol–water partition coefficient (Wildman–Crippen LogP) is 4.89. The zero-order valence-corrected chi connectivity index (χ0v) is 27.0. The van der Waals surface area contributed by atoms with E-state index >= 15 is 0 Å². The van der Waals surface area contributed by atoms with Crippen LogP contribution in [0.3, 0.4) is 0 Å². The van der Waals surface area contributed by atoms with Crippen molar-refractivity contribution in [3.8, 4) is 0 Å². The average Bonchev–Trinajstić information content (AvgIpc) is 3.54. The molecule has 3 saturated heterocycles. The number of aliphatic hydroxyl groups is 1. The lowest BCUT2D eigenvalue weighted by molar-refractivity contribution is -0.147. The second kappa shape index (κ2) is 13.0. The van der Waals surface area contributed by atoms with Crippen molar-refractivity contribution < 1.29 is 19.5 Å². The van der Waals surface area contributed by atoms with Crippen molar-refractivity contribution in [2.45, 2.75) is 79.9 Å². The van der Waals surface area contributed by atoms with E-state index in [2.05, 4.69) is 36.0 Å². The highest BCUT2D eigenvalue weighted by Gasteiger charge is 2.76.